The van der Waals surface area contributed by atoms with Crippen LogP contribution in [0.15, 0.2) is 29.2 Å². The van der Waals surface area contributed by atoms with Crippen LogP contribution in [0.1, 0.15) is 0 Å². The van der Waals surface area contributed by atoms with Gasteiger partial charge in [-0.15, -0.1) is 0 Å². The number of hydrogen-bond acceptors (Lipinski definition) is 2. The molecule has 0 fully saturated rings. The molecule has 16 heavy (non-hydrogen) atoms. The summed E-state index contributed by atoms with van der Waals surface area (Å²) in [4.78, 5) is 10.9. The van der Waals surface area contributed by atoms with Gasteiger partial charge in [-0.1, -0.05) is 0 Å². The van der Waals surface area contributed by atoms with Crippen molar-refractivity contribution in [3.8, 4) is 11.1 Å². The first-order chi connectivity index (χ1) is 7.58. The Hall–Kier alpha value is -2.11. The smallest absolute Gasteiger partial charge is 0.264 e. The van der Waals surface area contributed by atoms with Crippen molar-refractivity contribution in [1.82, 2.24) is 10.2 Å². The minimum absolute atomic E-state index is 0.0509. The molecule has 0 radical (unpaired) electrons. The van der Waals surface area contributed by atoms with Gasteiger partial charge in [0.05, 0.1) is 6.20 Å². The van der Waals surface area contributed by atoms with Gasteiger partial charge >= 0.3 is 0 Å². The molecular weight excluding hydrogens is 221 g/mol. The fourth-order valence-corrected chi connectivity index (χ4v) is 1.26. The van der Waals surface area contributed by atoms with E-state index >= 15 is 0 Å². The third-order valence-electron chi connectivity index (χ3n) is 1.98. The largest absolute Gasteiger partial charge is 0.268 e. The first-order valence-electron chi connectivity index (χ1n) is 4.27. The predicted molar refractivity (Wildman–Crippen MR) is 50.2 cm³/mol. The van der Waals surface area contributed by atoms with Crippen LogP contribution in [-0.4, -0.2) is 10.2 Å². The SMILES string of the molecule is O=c1cc(-c2cc(F)c(F)c(F)c2)cn[nH]1. The number of aromatic nitrogens is 2. The van der Waals surface area contributed by atoms with Gasteiger partial charge in [0.25, 0.3) is 5.56 Å². The average molecular weight is 226 g/mol. The Bertz CT molecular complexity index is 572. The zero-order valence-corrected chi connectivity index (χ0v) is 7.80. The van der Waals surface area contributed by atoms with Gasteiger partial charge in [0.15, 0.2) is 17.5 Å². The molecule has 1 aromatic heterocycles. The van der Waals surface area contributed by atoms with Gasteiger partial charge in [-0.2, -0.15) is 5.10 Å². The summed E-state index contributed by atoms with van der Waals surface area (Å²) in [5.74, 6) is -4.16. The summed E-state index contributed by atoms with van der Waals surface area (Å²) in [5, 5.41) is 5.58. The van der Waals surface area contributed by atoms with Crippen molar-refractivity contribution in [1.29, 1.82) is 0 Å². The molecule has 0 spiro atoms. The number of halogens is 3. The molecule has 0 aliphatic rings. The second-order valence-corrected chi connectivity index (χ2v) is 3.09. The summed E-state index contributed by atoms with van der Waals surface area (Å²) >= 11 is 0. The van der Waals surface area contributed by atoms with E-state index in [0.717, 1.165) is 18.2 Å². The second-order valence-electron chi connectivity index (χ2n) is 3.09. The Kier molecular flexibility index (Phi) is 2.47. The van der Waals surface area contributed by atoms with Gasteiger partial charge in [-0.05, 0) is 17.7 Å². The van der Waals surface area contributed by atoms with E-state index in [1.807, 2.05) is 0 Å². The molecule has 0 unspecified atom stereocenters. The second kappa shape index (κ2) is 3.80. The van der Waals surface area contributed by atoms with E-state index < -0.39 is 23.0 Å². The lowest BCUT2D eigenvalue weighted by Crippen LogP contribution is -2.05. The van der Waals surface area contributed by atoms with Crippen molar-refractivity contribution < 1.29 is 13.2 Å². The monoisotopic (exact) mass is 226 g/mol. The Morgan fingerprint density at radius 1 is 1.00 bits per heavy atom. The molecule has 2 aromatic rings. The normalized spacial score (nSPS) is 10.4. The maximum absolute atomic E-state index is 12.9. The number of nitrogens with one attached hydrogen (secondary N) is 1. The zero-order chi connectivity index (χ0) is 11.7. The Balaban J connectivity index is 2.61. The molecule has 0 atom stereocenters. The molecule has 1 heterocycles. The summed E-state index contributed by atoms with van der Waals surface area (Å²) in [6.07, 6.45) is 1.22. The lowest BCUT2D eigenvalue weighted by atomic mass is 10.1. The molecule has 6 heteroatoms. The van der Waals surface area contributed by atoms with Gasteiger partial charge in [-0.25, -0.2) is 18.3 Å². The molecule has 0 saturated heterocycles. The fourth-order valence-electron chi connectivity index (χ4n) is 1.26. The summed E-state index contributed by atoms with van der Waals surface area (Å²) in [5.41, 5.74) is -0.251. The highest BCUT2D eigenvalue weighted by atomic mass is 19.2. The van der Waals surface area contributed by atoms with Crippen LogP contribution in [-0.2, 0) is 0 Å². The lowest BCUT2D eigenvalue weighted by molar-refractivity contribution is 0.447. The van der Waals surface area contributed by atoms with Gasteiger partial charge in [0.1, 0.15) is 0 Å². The molecule has 1 aromatic carbocycles. The maximum Gasteiger partial charge on any atom is 0.264 e. The molecule has 2 rings (SSSR count). The lowest BCUT2D eigenvalue weighted by Gasteiger charge is -2.02. The predicted octanol–water partition coefficient (Wildman–Crippen LogP) is 1.85. The third kappa shape index (κ3) is 1.81. The summed E-state index contributed by atoms with van der Waals surface area (Å²) in [6, 6.07) is 2.71. The van der Waals surface area contributed by atoms with Crippen molar-refractivity contribution in [2.45, 2.75) is 0 Å². The topological polar surface area (TPSA) is 45.8 Å². The van der Waals surface area contributed by atoms with Gasteiger partial charge in [-0.3, -0.25) is 4.79 Å². The zero-order valence-electron chi connectivity index (χ0n) is 7.80. The summed E-state index contributed by atoms with van der Waals surface area (Å²) in [6.45, 7) is 0. The van der Waals surface area contributed by atoms with Crippen molar-refractivity contribution >= 4 is 0 Å². The van der Waals surface area contributed by atoms with Crippen molar-refractivity contribution in [2.75, 3.05) is 0 Å². The Morgan fingerprint density at radius 2 is 1.62 bits per heavy atom. The summed E-state index contributed by atoms with van der Waals surface area (Å²) in [7, 11) is 0. The standard InChI is InChI=1S/C10H5F3N2O/c11-7-1-5(2-8(12)10(7)13)6-3-9(16)15-14-4-6/h1-4H,(H,15,16). The highest BCUT2D eigenvalue weighted by molar-refractivity contribution is 5.61. The molecule has 0 aliphatic heterocycles. The number of nitrogens with zero attached hydrogens (tertiary/aromatic N) is 1. The third-order valence-corrected chi connectivity index (χ3v) is 1.98. The number of aromatic amines is 1. The number of H-pyrrole nitrogens is 1. The summed E-state index contributed by atoms with van der Waals surface area (Å²) < 4.78 is 38.5. The van der Waals surface area contributed by atoms with Crippen LogP contribution in [0, 0.1) is 17.5 Å². The van der Waals surface area contributed by atoms with E-state index in [1.165, 1.54) is 6.20 Å². The number of rotatable bonds is 1. The van der Waals surface area contributed by atoms with Crippen molar-refractivity contribution in [2.24, 2.45) is 0 Å². The van der Waals surface area contributed by atoms with E-state index in [9.17, 15) is 18.0 Å². The first-order valence-corrected chi connectivity index (χ1v) is 4.27. The van der Waals surface area contributed by atoms with Gasteiger partial charge in [0, 0.05) is 11.6 Å². The Morgan fingerprint density at radius 3 is 2.19 bits per heavy atom. The molecule has 82 valence electrons. The van der Waals surface area contributed by atoms with Gasteiger partial charge < -0.3 is 0 Å². The van der Waals surface area contributed by atoms with Crippen LogP contribution < -0.4 is 5.56 Å². The average Bonchev–Trinajstić information content (AvgIpc) is 2.25. The molecule has 0 saturated carbocycles. The quantitative estimate of drug-likeness (QED) is 0.754. The van der Waals surface area contributed by atoms with Crippen LogP contribution in [0.2, 0.25) is 0 Å². The minimum atomic E-state index is -1.54. The van der Waals surface area contributed by atoms with Crippen LogP contribution >= 0.6 is 0 Å². The Labute approximate surface area is 87.6 Å². The maximum atomic E-state index is 12.9. The van der Waals surface area contributed by atoms with Crippen LogP contribution in [0.5, 0.6) is 0 Å². The highest BCUT2D eigenvalue weighted by Gasteiger charge is 2.11. The van der Waals surface area contributed by atoms with E-state index in [0.29, 0.717) is 0 Å². The first kappa shape index (κ1) is 10.4. The number of hydrogen-bond donors (Lipinski definition) is 1. The van der Waals surface area contributed by atoms with Gasteiger partial charge in [0.2, 0.25) is 0 Å². The van der Waals surface area contributed by atoms with Crippen molar-refractivity contribution in [3.05, 3.63) is 52.2 Å². The van der Waals surface area contributed by atoms with Crippen LogP contribution in [0.3, 0.4) is 0 Å². The highest BCUT2D eigenvalue weighted by Crippen LogP contribution is 2.21. The molecule has 0 bridgehead atoms. The van der Waals surface area contributed by atoms with E-state index in [2.05, 4.69) is 10.2 Å². The van der Waals surface area contributed by atoms with E-state index in [-0.39, 0.29) is 11.1 Å². The van der Waals surface area contributed by atoms with E-state index in [1.54, 1.807) is 0 Å². The molecule has 0 aliphatic carbocycles. The number of benzene rings is 1. The molecule has 0 amide bonds. The molecular formula is C10H5F3N2O. The van der Waals surface area contributed by atoms with Crippen LogP contribution in [0.4, 0.5) is 13.2 Å². The minimum Gasteiger partial charge on any atom is -0.268 e. The van der Waals surface area contributed by atoms with Crippen LogP contribution in [0.25, 0.3) is 11.1 Å². The van der Waals surface area contributed by atoms with Crippen molar-refractivity contribution in [3.63, 3.8) is 0 Å². The molecule has 1 N–H and O–H groups in total. The molecule has 3 nitrogen and oxygen atoms in total. The fraction of sp³-hybridized carbons (Fsp3) is 0. The van der Waals surface area contributed by atoms with E-state index in [4.69, 9.17) is 0 Å².